The molecule has 0 aliphatic carbocycles. The van der Waals surface area contributed by atoms with Crippen LogP contribution >= 0.6 is 12.4 Å². The summed E-state index contributed by atoms with van der Waals surface area (Å²) in [5.74, 6) is 0. The number of halogens is 1. The van der Waals surface area contributed by atoms with E-state index in [-0.39, 0.29) is 12.4 Å². The molecule has 1 N–H and O–H groups in total. The third-order valence-electron chi connectivity index (χ3n) is 2.88. The van der Waals surface area contributed by atoms with E-state index in [1.807, 2.05) is 0 Å². The molecule has 0 aromatic carbocycles. The molecule has 15 heavy (non-hydrogen) atoms. The molecule has 90 valence electrons. The van der Waals surface area contributed by atoms with Crippen LogP contribution in [0.5, 0.6) is 0 Å². The van der Waals surface area contributed by atoms with Crippen LogP contribution in [0, 0.1) is 0 Å². The van der Waals surface area contributed by atoms with Crippen molar-refractivity contribution < 1.29 is 9.47 Å². The molecular formula is C10H21ClN2O2. The van der Waals surface area contributed by atoms with Crippen molar-refractivity contribution in [1.29, 1.82) is 0 Å². The van der Waals surface area contributed by atoms with Gasteiger partial charge in [-0.1, -0.05) is 0 Å². The fourth-order valence-corrected chi connectivity index (χ4v) is 1.94. The van der Waals surface area contributed by atoms with Crippen molar-refractivity contribution in [3.63, 3.8) is 0 Å². The van der Waals surface area contributed by atoms with Gasteiger partial charge in [0.2, 0.25) is 0 Å². The Kier molecular flexibility index (Phi) is 6.52. The second-order valence-electron chi connectivity index (χ2n) is 3.94. The van der Waals surface area contributed by atoms with Crippen molar-refractivity contribution in [2.24, 2.45) is 0 Å². The van der Waals surface area contributed by atoms with Crippen LogP contribution in [0.25, 0.3) is 0 Å². The predicted molar refractivity (Wildman–Crippen MR) is 61.7 cm³/mol. The second-order valence-corrected chi connectivity index (χ2v) is 3.94. The fraction of sp³-hybridized carbons (Fsp3) is 1.00. The number of hydrogen-bond donors (Lipinski definition) is 1. The minimum atomic E-state index is 0. The van der Waals surface area contributed by atoms with Gasteiger partial charge >= 0.3 is 0 Å². The standard InChI is InChI=1S/C10H20N2O2.ClH/c1-2-11-9-10(1)14-8-5-12-3-6-13-7-4-12;/h10-11H,1-9H2;1H/t10-;/m1./s1. The van der Waals surface area contributed by atoms with E-state index >= 15 is 0 Å². The highest BCUT2D eigenvalue weighted by atomic mass is 35.5. The molecule has 0 unspecified atom stereocenters. The first-order valence-corrected chi connectivity index (χ1v) is 5.57. The molecule has 4 nitrogen and oxygen atoms in total. The molecule has 0 aromatic rings. The van der Waals surface area contributed by atoms with Gasteiger partial charge in [-0.3, -0.25) is 4.90 Å². The van der Waals surface area contributed by atoms with Gasteiger partial charge in [-0.15, -0.1) is 12.4 Å². The van der Waals surface area contributed by atoms with Gasteiger partial charge in [-0.2, -0.15) is 0 Å². The summed E-state index contributed by atoms with van der Waals surface area (Å²) in [6.07, 6.45) is 1.62. The number of nitrogens with zero attached hydrogens (tertiary/aromatic N) is 1. The van der Waals surface area contributed by atoms with Crippen molar-refractivity contribution >= 4 is 12.4 Å². The molecule has 0 radical (unpaired) electrons. The van der Waals surface area contributed by atoms with Crippen LogP contribution < -0.4 is 5.32 Å². The summed E-state index contributed by atoms with van der Waals surface area (Å²) in [5.41, 5.74) is 0. The van der Waals surface area contributed by atoms with Crippen LogP contribution in [-0.2, 0) is 9.47 Å². The van der Waals surface area contributed by atoms with Crippen molar-refractivity contribution in [1.82, 2.24) is 10.2 Å². The Morgan fingerprint density at radius 2 is 2.13 bits per heavy atom. The lowest BCUT2D eigenvalue weighted by molar-refractivity contribution is 0.00638. The number of hydrogen-bond acceptors (Lipinski definition) is 4. The van der Waals surface area contributed by atoms with Crippen LogP contribution in [0.2, 0.25) is 0 Å². The Hall–Kier alpha value is 0.130. The first kappa shape index (κ1) is 13.2. The number of nitrogens with one attached hydrogen (secondary N) is 1. The Balaban J connectivity index is 0.00000112. The third kappa shape index (κ3) is 4.66. The zero-order valence-corrected chi connectivity index (χ0v) is 9.93. The molecule has 1 atom stereocenters. The number of morpholine rings is 1. The van der Waals surface area contributed by atoms with E-state index in [0.717, 1.165) is 52.5 Å². The van der Waals surface area contributed by atoms with Crippen molar-refractivity contribution in [2.75, 3.05) is 52.5 Å². The van der Waals surface area contributed by atoms with E-state index in [0.29, 0.717) is 6.10 Å². The van der Waals surface area contributed by atoms with Gasteiger partial charge in [-0.05, 0) is 13.0 Å². The fourth-order valence-electron chi connectivity index (χ4n) is 1.94. The lowest BCUT2D eigenvalue weighted by Gasteiger charge is -2.26. The molecular weight excluding hydrogens is 216 g/mol. The SMILES string of the molecule is C1C[C@@H](OCCN2CCOCC2)CN1.Cl. The first-order valence-electron chi connectivity index (χ1n) is 5.57. The van der Waals surface area contributed by atoms with Gasteiger partial charge in [0.15, 0.2) is 0 Å². The van der Waals surface area contributed by atoms with Crippen LogP contribution in [0.4, 0.5) is 0 Å². The Labute approximate surface area is 97.7 Å². The van der Waals surface area contributed by atoms with Gasteiger partial charge in [0.05, 0.1) is 25.9 Å². The first-order chi connectivity index (χ1) is 6.95. The van der Waals surface area contributed by atoms with Crippen LogP contribution in [0.15, 0.2) is 0 Å². The Morgan fingerprint density at radius 1 is 1.33 bits per heavy atom. The summed E-state index contributed by atoms with van der Waals surface area (Å²) in [7, 11) is 0. The van der Waals surface area contributed by atoms with Gasteiger partial charge in [0.25, 0.3) is 0 Å². The molecule has 2 aliphatic heterocycles. The van der Waals surface area contributed by atoms with E-state index in [1.54, 1.807) is 0 Å². The highest BCUT2D eigenvalue weighted by Crippen LogP contribution is 2.03. The zero-order chi connectivity index (χ0) is 9.64. The van der Waals surface area contributed by atoms with Gasteiger partial charge in [0, 0.05) is 26.2 Å². The minimum Gasteiger partial charge on any atom is -0.379 e. The molecule has 0 aromatic heterocycles. The summed E-state index contributed by atoms with van der Waals surface area (Å²) in [6.45, 7) is 7.95. The molecule has 2 heterocycles. The maximum absolute atomic E-state index is 5.76. The summed E-state index contributed by atoms with van der Waals surface area (Å²) in [5, 5.41) is 3.30. The predicted octanol–water partition coefficient (Wildman–Crippen LogP) is 0.119. The third-order valence-corrected chi connectivity index (χ3v) is 2.88. The molecule has 2 fully saturated rings. The molecule has 2 rings (SSSR count). The average Bonchev–Trinajstić information content (AvgIpc) is 2.72. The molecule has 2 saturated heterocycles. The molecule has 2 aliphatic rings. The lowest BCUT2D eigenvalue weighted by atomic mass is 10.3. The topological polar surface area (TPSA) is 33.7 Å². The maximum atomic E-state index is 5.76. The van der Waals surface area contributed by atoms with Crippen LogP contribution in [0.3, 0.4) is 0 Å². The average molecular weight is 237 g/mol. The largest absolute Gasteiger partial charge is 0.379 e. The minimum absolute atomic E-state index is 0. The van der Waals surface area contributed by atoms with Crippen molar-refractivity contribution in [2.45, 2.75) is 12.5 Å². The number of ether oxygens (including phenoxy) is 2. The Bertz CT molecular complexity index is 160. The van der Waals surface area contributed by atoms with E-state index in [4.69, 9.17) is 9.47 Å². The molecule has 0 bridgehead atoms. The highest BCUT2D eigenvalue weighted by Gasteiger charge is 2.15. The quantitative estimate of drug-likeness (QED) is 0.752. The lowest BCUT2D eigenvalue weighted by Crippen LogP contribution is -2.38. The Morgan fingerprint density at radius 3 is 2.80 bits per heavy atom. The van der Waals surface area contributed by atoms with Gasteiger partial charge in [-0.25, -0.2) is 0 Å². The van der Waals surface area contributed by atoms with Crippen molar-refractivity contribution in [3.05, 3.63) is 0 Å². The van der Waals surface area contributed by atoms with E-state index in [2.05, 4.69) is 10.2 Å². The smallest absolute Gasteiger partial charge is 0.0712 e. The van der Waals surface area contributed by atoms with E-state index in [1.165, 1.54) is 6.42 Å². The molecule has 5 heteroatoms. The zero-order valence-electron chi connectivity index (χ0n) is 9.11. The van der Waals surface area contributed by atoms with Gasteiger partial charge < -0.3 is 14.8 Å². The highest BCUT2D eigenvalue weighted by molar-refractivity contribution is 5.85. The van der Waals surface area contributed by atoms with Crippen molar-refractivity contribution in [3.8, 4) is 0 Å². The molecule has 0 spiro atoms. The summed E-state index contributed by atoms with van der Waals surface area (Å²) in [6, 6.07) is 0. The van der Waals surface area contributed by atoms with E-state index in [9.17, 15) is 0 Å². The summed E-state index contributed by atoms with van der Waals surface area (Å²) >= 11 is 0. The number of rotatable bonds is 4. The van der Waals surface area contributed by atoms with Crippen LogP contribution in [0.1, 0.15) is 6.42 Å². The van der Waals surface area contributed by atoms with Crippen LogP contribution in [-0.4, -0.2) is 63.5 Å². The normalized spacial score (nSPS) is 27.6. The molecule has 0 saturated carbocycles. The maximum Gasteiger partial charge on any atom is 0.0712 e. The molecule has 0 amide bonds. The summed E-state index contributed by atoms with van der Waals surface area (Å²) < 4.78 is 11.0. The van der Waals surface area contributed by atoms with E-state index < -0.39 is 0 Å². The monoisotopic (exact) mass is 236 g/mol. The van der Waals surface area contributed by atoms with Gasteiger partial charge in [0.1, 0.15) is 0 Å². The second kappa shape index (κ2) is 7.41. The summed E-state index contributed by atoms with van der Waals surface area (Å²) in [4.78, 5) is 2.41.